The standard InChI is InChI=1S/C23H24N4O4S2/c1-15-12-18-14-19(8-9-21(18)27(15)16(2)28)33(30,31)26-20(13-17-6-4-3-5-7-17)22(29)25-23-24-10-11-32-23/h3-11,14-15,20,26H,12-13H2,1-2H3,(H,24,25,29)/t15-,20-/m0/s1. The van der Waals surface area contributed by atoms with Gasteiger partial charge in [0.1, 0.15) is 6.04 Å². The van der Waals surface area contributed by atoms with Gasteiger partial charge in [-0.15, -0.1) is 11.3 Å². The number of hydrogen-bond donors (Lipinski definition) is 2. The SMILES string of the molecule is CC(=O)N1c2ccc(S(=O)(=O)N[C@@H](Cc3ccccc3)C(=O)Nc3nccs3)cc2C[C@@H]1C. The molecule has 0 spiro atoms. The summed E-state index contributed by atoms with van der Waals surface area (Å²) in [5.74, 6) is -0.577. The normalized spacial score (nSPS) is 16.3. The van der Waals surface area contributed by atoms with Crippen LogP contribution in [0.15, 0.2) is 65.0 Å². The monoisotopic (exact) mass is 484 g/mol. The quantitative estimate of drug-likeness (QED) is 0.536. The molecule has 0 aliphatic carbocycles. The molecule has 172 valence electrons. The van der Waals surface area contributed by atoms with Crippen molar-refractivity contribution < 1.29 is 18.0 Å². The van der Waals surface area contributed by atoms with Gasteiger partial charge in [0.25, 0.3) is 0 Å². The molecule has 0 fully saturated rings. The second-order valence-electron chi connectivity index (χ2n) is 7.92. The van der Waals surface area contributed by atoms with Crippen LogP contribution in [0.3, 0.4) is 0 Å². The fourth-order valence-corrected chi connectivity index (χ4v) is 5.80. The minimum atomic E-state index is -4.01. The highest BCUT2D eigenvalue weighted by molar-refractivity contribution is 7.89. The van der Waals surface area contributed by atoms with Crippen molar-refractivity contribution in [3.05, 3.63) is 71.2 Å². The van der Waals surface area contributed by atoms with Crippen LogP contribution < -0.4 is 14.9 Å². The maximum absolute atomic E-state index is 13.3. The van der Waals surface area contributed by atoms with E-state index in [0.717, 1.165) is 16.8 Å². The van der Waals surface area contributed by atoms with Gasteiger partial charge in [-0.05, 0) is 49.1 Å². The predicted octanol–water partition coefficient (Wildman–Crippen LogP) is 2.97. The van der Waals surface area contributed by atoms with Crippen molar-refractivity contribution in [1.82, 2.24) is 9.71 Å². The van der Waals surface area contributed by atoms with E-state index in [-0.39, 0.29) is 23.3 Å². The largest absolute Gasteiger partial charge is 0.309 e. The Morgan fingerprint density at radius 2 is 1.97 bits per heavy atom. The molecule has 1 aliphatic rings. The third-order valence-corrected chi connectivity index (χ3v) is 7.63. The van der Waals surface area contributed by atoms with E-state index in [1.54, 1.807) is 28.6 Å². The molecule has 8 nitrogen and oxygen atoms in total. The van der Waals surface area contributed by atoms with Crippen LogP contribution in [-0.4, -0.2) is 37.3 Å². The third-order valence-electron chi connectivity index (χ3n) is 5.48. The smallest absolute Gasteiger partial charge is 0.244 e. The fraction of sp³-hybridized carbons (Fsp3) is 0.261. The summed E-state index contributed by atoms with van der Waals surface area (Å²) in [6, 6.07) is 12.8. The van der Waals surface area contributed by atoms with Crippen LogP contribution in [0.25, 0.3) is 0 Å². The Balaban J connectivity index is 1.60. The zero-order valence-electron chi connectivity index (χ0n) is 18.2. The molecule has 0 unspecified atom stereocenters. The van der Waals surface area contributed by atoms with Crippen LogP contribution in [0.5, 0.6) is 0 Å². The van der Waals surface area contributed by atoms with Crippen LogP contribution in [0, 0.1) is 0 Å². The van der Waals surface area contributed by atoms with Gasteiger partial charge in [-0.2, -0.15) is 4.72 Å². The van der Waals surface area contributed by atoms with Crippen LogP contribution in [0.4, 0.5) is 10.8 Å². The second-order valence-corrected chi connectivity index (χ2v) is 10.5. The molecule has 10 heteroatoms. The lowest BCUT2D eigenvalue weighted by atomic mass is 10.1. The molecule has 1 aliphatic heterocycles. The number of nitrogens with zero attached hydrogens (tertiary/aromatic N) is 2. The lowest BCUT2D eigenvalue weighted by Crippen LogP contribution is -2.45. The molecule has 2 aromatic carbocycles. The maximum atomic E-state index is 13.3. The molecule has 2 atom stereocenters. The van der Waals surface area contributed by atoms with Gasteiger partial charge in [0.05, 0.1) is 4.90 Å². The third kappa shape index (κ3) is 5.13. The summed E-state index contributed by atoms with van der Waals surface area (Å²) in [6.07, 6.45) is 2.31. The van der Waals surface area contributed by atoms with E-state index in [1.165, 1.54) is 24.3 Å². The highest BCUT2D eigenvalue weighted by Gasteiger charge is 2.32. The van der Waals surface area contributed by atoms with Crippen molar-refractivity contribution in [1.29, 1.82) is 0 Å². The summed E-state index contributed by atoms with van der Waals surface area (Å²) >= 11 is 1.25. The van der Waals surface area contributed by atoms with Crippen molar-refractivity contribution in [3.63, 3.8) is 0 Å². The van der Waals surface area contributed by atoms with Crippen molar-refractivity contribution in [2.75, 3.05) is 10.2 Å². The zero-order chi connectivity index (χ0) is 23.6. The molecule has 2 heterocycles. The Morgan fingerprint density at radius 3 is 2.64 bits per heavy atom. The summed E-state index contributed by atoms with van der Waals surface area (Å²) in [6.45, 7) is 3.42. The molecule has 0 saturated heterocycles. The lowest BCUT2D eigenvalue weighted by molar-refractivity contribution is -0.118. The Morgan fingerprint density at radius 1 is 1.21 bits per heavy atom. The maximum Gasteiger partial charge on any atom is 0.244 e. The van der Waals surface area contributed by atoms with Gasteiger partial charge >= 0.3 is 0 Å². The first-order chi connectivity index (χ1) is 15.7. The van der Waals surface area contributed by atoms with Crippen LogP contribution in [0.1, 0.15) is 25.0 Å². The van der Waals surface area contributed by atoms with E-state index in [0.29, 0.717) is 11.6 Å². The molecular weight excluding hydrogens is 460 g/mol. The van der Waals surface area contributed by atoms with E-state index in [9.17, 15) is 18.0 Å². The van der Waals surface area contributed by atoms with E-state index in [4.69, 9.17) is 0 Å². The van der Waals surface area contributed by atoms with E-state index in [2.05, 4.69) is 15.0 Å². The van der Waals surface area contributed by atoms with Gasteiger partial charge in [-0.25, -0.2) is 13.4 Å². The van der Waals surface area contributed by atoms with Gasteiger partial charge < -0.3 is 10.2 Å². The molecule has 33 heavy (non-hydrogen) atoms. The molecular formula is C23H24N4O4S2. The molecule has 3 aromatic rings. The number of carbonyl (C=O) groups is 2. The second kappa shape index (κ2) is 9.42. The van der Waals surface area contributed by atoms with Crippen molar-refractivity contribution >= 4 is 44.0 Å². The summed E-state index contributed by atoms with van der Waals surface area (Å²) < 4.78 is 29.1. The first-order valence-electron chi connectivity index (χ1n) is 10.4. The Kier molecular flexibility index (Phi) is 6.59. The first kappa shape index (κ1) is 23.1. The average Bonchev–Trinajstić information content (AvgIpc) is 3.39. The molecule has 1 aromatic heterocycles. The lowest BCUT2D eigenvalue weighted by Gasteiger charge is -2.21. The van der Waals surface area contributed by atoms with Gasteiger partial charge in [-0.3, -0.25) is 9.59 Å². The number of rotatable bonds is 7. The summed E-state index contributed by atoms with van der Waals surface area (Å²) in [7, 11) is -4.01. The number of fused-ring (bicyclic) bond motifs is 1. The number of aromatic nitrogens is 1. The number of amides is 2. The number of hydrogen-bond acceptors (Lipinski definition) is 6. The van der Waals surface area contributed by atoms with Gasteiger partial charge in [0, 0.05) is 30.2 Å². The Labute approximate surface area is 196 Å². The average molecular weight is 485 g/mol. The molecule has 4 rings (SSSR count). The molecule has 2 amide bonds. The first-order valence-corrected chi connectivity index (χ1v) is 12.8. The number of thiazole rings is 1. The van der Waals surface area contributed by atoms with Crippen LogP contribution in [0.2, 0.25) is 0 Å². The van der Waals surface area contributed by atoms with Crippen LogP contribution in [-0.2, 0) is 32.5 Å². The summed E-state index contributed by atoms with van der Waals surface area (Å²) in [5.41, 5.74) is 2.32. The number of carbonyl (C=O) groups excluding carboxylic acids is 2. The zero-order valence-corrected chi connectivity index (χ0v) is 19.8. The Hall–Kier alpha value is -3.08. The highest BCUT2D eigenvalue weighted by atomic mass is 32.2. The van der Waals surface area contributed by atoms with Gasteiger partial charge in [0.2, 0.25) is 21.8 Å². The van der Waals surface area contributed by atoms with Gasteiger partial charge in [-0.1, -0.05) is 30.3 Å². The fourth-order valence-electron chi connectivity index (χ4n) is 4.03. The number of nitrogens with one attached hydrogen (secondary N) is 2. The molecule has 0 saturated carbocycles. The summed E-state index contributed by atoms with van der Waals surface area (Å²) in [5, 5.41) is 4.80. The highest BCUT2D eigenvalue weighted by Crippen LogP contribution is 2.34. The van der Waals surface area contributed by atoms with Crippen molar-refractivity contribution in [2.24, 2.45) is 0 Å². The minimum Gasteiger partial charge on any atom is -0.309 e. The van der Waals surface area contributed by atoms with Crippen LogP contribution >= 0.6 is 11.3 Å². The van der Waals surface area contributed by atoms with Crippen molar-refractivity contribution in [3.8, 4) is 0 Å². The van der Waals surface area contributed by atoms with E-state index < -0.39 is 22.0 Å². The van der Waals surface area contributed by atoms with Gasteiger partial charge in [0.15, 0.2) is 5.13 Å². The molecule has 0 radical (unpaired) electrons. The van der Waals surface area contributed by atoms with E-state index >= 15 is 0 Å². The van der Waals surface area contributed by atoms with Crippen molar-refractivity contribution in [2.45, 2.75) is 43.7 Å². The van der Waals surface area contributed by atoms with E-state index in [1.807, 2.05) is 37.3 Å². The summed E-state index contributed by atoms with van der Waals surface area (Å²) in [4.78, 5) is 30.7. The Bertz CT molecular complexity index is 1260. The number of benzene rings is 2. The minimum absolute atomic E-state index is 0.0432. The topological polar surface area (TPSA) is 108 Å². The number of anilines is 2. The molecule has 0 bridgehead atoms. The number of sulfonamides is 1. The predicted molar refractivity (Wildman–Crippen MR) is 128 cm³/mol. The molecule has 2 N–H and O–H groups in total.